The van der Waals surface area contributed by atoms with E-state index < -0.39 is 0 Å². The minimum Gasteiger partial charge on any atom is -0.275 e. The van der Waals surface area contributed by atoms with Crippen LogP contribution in [0.25, 0.3) is 0 Å². The Kier molecular flexibility index (Phi) is 3.66. The number of hydrogen-bond donors (Lipinski definition) is 3. The van der Waals surface area contributed by atoms with E-state index in [1.807, 2.05) is 30.3 Å². The third-order valence-corrected chi connectivity index (χ3v) is 2.58. The zero-order chi connectivity index (χ0) is 11.2. The van der Waals surface area contributed by atoms with Crippen molar-refractivity contribution < 1.29 is 0 Å². The number of amidine groups is 1. The molecule has 0 saturated carbocycles. The first-order valence-corrected chi connectivity index (χ1v) is 5.99. The van der Waals surface area contributed by atoms with Gasteiger partial charge < -0.3 is 0 Å². The van der Waals surface area contributed by atoms with Crippen molar-refractivity contribution in [1.29, 1.82) is 0 Å². The molecule has 0 unspecified atom stereocenters. The molecule has 0 atom stereocenters. The van der Waals surface area contributed by atoms with Gasteiger partial charge in [0.25, 0.3) is 0 Å². The fourth-order valence-corrected chi connectivity index (χ4v) is 1.67. The average molecular weight is 235 g/mol. The molecule has 1 heterocycles. The third kappa shape index (κ3) is 2.90. The van der Waals surface area contributed by atoms with Crippen molar-refractivity contribution in [2.24, 2.45) is 10.1 Å². The molecule has 0 bridgehead atoms. The van der Waals surface area contributed by atoms with Crippen LogP contribution in [-0.2, 0) is 0 Å². The Morgan fingerprint density at radius 2 is 2.06 bits per heavy atom. The number of hydrazone groups is 1. The molecular formula is C10H13N5S. The van der Waals surface area contributed by atoms with Crippen molar-refractivity contribution in [2.75, 3.05) is 5.75 Å². The lowest BCUT2D eigenvalue weighted by molar-refractivity contribution is 0.770. The predicted octanol–water partition coefficient (Wildman–Crippen LogP) is 1.40. The van der Waals surface area contributed by atoms with Crippen LogP contribution < -0.4 is 16.3 Å². The highest BCUT2D eigenvalue weighted by molar-refractivity contribution is 8.13. The number of nitrogens with one attached hydrogen (secondary N) is 3. The average Bonchev–Trinajstić information content (AvgIpc) is 2.33. The number of guanidine groups is 1. The summed E-state index contributed by atoms with van der Waals surface area (Å²) in [5.41, 5.74) is 9.62. The van der Waals surface area contributed by atoms with Crippen molar-refractivity contribution in [3.8, 4) is 0 Å². The Balaban J connectivity index is 2.01. The van der Waals surface area contributed by atoms with Crippen molar-refractivity contribution in [3.05, 3.63) is 30.3 Å². The van der Waals surface area contributed by atoms with Crippen LogP contribution in [0.15, 0.2) is 40.4 Å². The number of rotatable bonds is 2. The lowest BCUT2D eigenvalue weighted by atomic mass is 10.3. The molecule has 16 heavy (non-hydrogen) atoms. The SMILES string of the molecule is CCSC1=NNC(=Nc2ccccc2)NN1. The minimum absolute atomic E-state index is 0.589. The first-order chi connectivity index (χ1) is 7.88. The van der Waals surface area contributed by atoms with Crippen molar-refractivity contribution in [1.82, 2.24) is 16.3 Å². The van der Waals surface area contributed by atoms with Crippen molar-refractivity contribution in [2.45, 2.75) is 6.92 Å². The standard InChI is InChI=1S/C10H13N5S/c1-2-16-10-14-12-9(13-15-10)11-8-6-4-3-5-7-8/h3-7H,2H2,1H3,(H,14,15)(H2,11,12,13). The van der Waals surface area contributed by atoms with Gasteiger partial charge in [0, 0.05) is 0 Å². The number of thioether (sulfide) groups is 1. The van der Waals surface area contributed by atoms with Gasteiger partial charge in [-0.3, -0.25) is 10.9 Å². The van der Waals surface area contributed by atoms with Crippen LogP contribution in [0.5, 0.6) is 0 Å². The van der Waals surface area contributed by atoms with Gasteiger partial charge in [-0.05, 0) is 17.9 Å². The zero-order valence-electron chi connectivity index (χ0n) is 8.90. The molecule has 0 saturated heterocycles. The quantitative estimate of drug-likeness (QED) is 0.725. The van der Waals surface area contributed by atoms with Gasteiger partial charge in [-0.2, -0.15) is 0 Å². The van der Waals surface area contributed by atoms with Crippen molar-refractivity contribution in [3.63, 3.8) is 0 Å². The van der Waals surface area contributed by atoms with Gasteiger partial charge in [-0.1, -0.05) is 36.9 Å². The molecule has 0 radical (unpaired) electrons. The Morgan fingerprint density at radius 3 is 2.69 bits per heavy atom. The summed E-state index contributed by atoms with van der Waals surface area (Å²) in [5.74, 6) is 1.56. The summed E-state index contributed by atoms with van der Waals surface area (Å²) in [6, 6.07) is 9.69. The number of benzene rings is 1. The smallest absolute Gasteiger partial charge is 0.236 e. The van der Waals surface area contributed by atoms with E-state index in [0.717, 1.165) is 16.6 Å². The fraction of sp³-hybridized carbons (Fsp3) is 0.200. The summed E-state index contributed by atoms with van der Waals surface area (Å²) in [5, 5.41) is 4.94. The highest BCUT2D eigenvalue weighted by Gasteiger charge is 2.07. The predicted molar refractivity (Wildman–Crippen MR) is 68.5 cm³/mol. The Bertz CT molecular complexity index is 401. The molecular weight excluding hydrogens is 222 g/mol. The molecule has 0 amide bonds. The zero-order valence-corrected chi connectivity index (χ0v) is 9.71. The van der Waals surface area contributed by atoms with Crippen LogP contribution >= 0.6 is 11.8 Å². The van der Waals surface area contributed by atoms with Gasteiger partial charge in [0.05, 0.1) is 5.69 Å². The second-order valence-electron chi connectivity index (χ2n) is 3.01. The molecule has 6 heteroatoms. The highest BCUT2D eigenvalue weighted by atomic mass is 32.2. The number of aliphatic imine (C=N–C) groups is 1. The number of nitrogens with zero attached hydrogens (tertiary/aromatic N) is 2. The van der Waals surface area contributed by atoms with Gasteiger partial charge in [0.15, 0.2) is 5.17 Å². The second kappa shape index (κ2) is 5.41. The van der Waals surface area contributed by atoms with E-state index in [4.69, 9.17) is 0 Å². The van der Waals surface area contributed by atoms with Gasteiger partial charge in [0.2, 0.25) is 5.96 Å². The molecule has 0 spiro atoms. The summed E-state index contributed by atoms with van der Waals surface area (Å²) in [4.78, 5) is 4.33. The molecule has 5 nitrogen and oxygen atoms in total. The number of hydrogen-bond acceptors (Lipinski definition) is 4. The fourth-order valence-electron chi connectivity index (χ4n) is 1.16. The molecule has 0 aliphatic carbocycles. The number of hydrazine groups is 1. The van der Waals surface area contributed by atoms with Crippen LogP contribution in [0.3, 0.4) is 0 Å². The maximum atomic E-state index is 4.33. The molecule has 1 aromatic rings. The van der Waals surface area contributed by atoms with Gasteiger partial charge in [-0.25, -0.2) is 10.4 Å². The first-order valence-electron chi connectivity index (χ1n) is 5.01. The molecule has 1 aromatic carbocycles. The molecule has 1 aliphatic rings. The maximum Gasteiger partial charge on any atom is 0.236 e. The van der Waals surface area contributed by atoms with Gasteiger partial charge >= 0.3 is 0 Å². The van der Waals surface area contributed by atoms with E-state index in [2.05, 4.69) is 33.3 Å². The van der Waals surface area contributed by atoms with Crippen LogP contribution in [-0.4, -0.2) is 16.9 Å². The van der Waals surface area contributed by atoms with E-state index in [0.29, 0.717) is 5.96 Å². The van der Waals surface area contributed by atoms with E-state index in [-0.39, 0.29) is 0 Å². The van der Waals surface area contributed by atoms with Crippen LogP contribution in [0.4, 0.5) is 5.69 Å². The second-order valence-corrected chi connectivity index (χ2v) is 4.26. The Labute approximate surface area is 98.4 Å². The summed E-state index contributed by atoms with van der Waals surface area (Å²) in [6.07, 6.45) is 0. The van der Waals surface area contributed by atoms with Crippen LogP contribution in [0.2, 0.25) is 0 Å². The summed E-state index contributed by atoms with van der Waals surface area (Å²) < 4.78 is 0. The van der Waals surface area contributed by atoms with E-state index in [1.54, 1.807) is 11.8 Å². The lowest BCUT2D eigenvalue weighted by Gasteiger charge is -2.17. The lowest BCUT2D eigenvalue weighted by Crippen LogP contribution is -2.50. The van der Waals surface area contributed by atoms with E-state index in [1.165, 1.54) is 0 Å². The third-order valence-electron chi connectivity index (χ3n) is 1.83. The van der Waals surface area contributed by atoms with Crippen LogP contribution in [0, 0.1) is 0 Å². The van der Waals surface area contributed by atoms with E-state index >= 15 is 0 Å². The normalized spacial score (nSPS) is 17.1. The monoisotopic (exact) mass is 235 g/mol. The summed E-state index contributed by atoms with van der Waals surface area (Å²) in [6.45, 7) is 2.07. The maximum absolute atomic E-state index is 4.33. The number of para-hydroxylation sites is 1. The largest absolute Gasteiger partial charge is 0.275 e. The molecule has 3 N–H and O–H groups in total. The minimum atomic E-state index is 0.589. The topological polar surface area (TPSA) is 60.8 Å². The first kappa shape index (κ1) is 10.8. The molecule has 1 aliphatic heterocycles. The Morgan fingerprint density at radius 1 is 1.25 bits per heavy atom. The highest BCUT2D eigenvalue weighted by Crippen LogP contribution is 2.09. The summed E-state index contributed by atoms with van der Waals surface area (Å²) >= 11 is 1.62. The summed E-state index contributed by atoms with van der Waals surface area (Å²) in [7, 11) is 0. The molecule has 2 rings (SSSR count). The van der Waals surface area contributed by atoms with Crippen molar-refractivity contribution >= 4 is 28.6 Å². The molecule has 84 valence electrons. The van der Waals surface area contributed by atoms with Gasteiger partial charge in [0.1, 0.15) is 0 Å². The van der Waals surface area contributed by atoms with E-state index in [9.17, 15) is 0 Å². The van der Waals surface area contributed by atoms with Crippen LogP contribution in [0.1, 0.15) is 6.92 Å². The molecule has 0 fully saturated rings. The molecule has 0 aromatic heterocycles. The Hall–Kier alpha value is -1.69. The van der Waals surface area contributed by atoms with Gasteiger partial charge in [-0.15, -0.1) is 5.10 Å².